The molecule has 0 radical (unpaired) electrons. The number of ketones is 1. The molecule has 0 spiro atoms. The number of hydrogen-bond donors (Lipinski definition) is 1. The van der Waals surface area contributed by atoms with E-state index in [-0.39, 0.29) is 11.7 Å². The molecule has 1 aromatic carbocycles. The molecule has 0 saturated heterocycles. The molecule has 1 amide bonds. The van der Waals surface area contributed by atoms with Crippen molar-refractivity contribution in [2.75, 3.05) is 5.32 Å². The lowest BCUT2D eigenvalue weighted by molar-refractivity contribution is 0.101. The van der Waals surface area contributed by atoms with E-state index in [9.17, 15) is 9.59 Å². The molecular weight excluding hydrogens is 282 g/mol. The molecule has 1 N–H and O–H groups in total. The number of carbonyl (C=O) groups is 2. The van der Waals surface area contributed by atoms with E-state index in [1.165, 1.54) is 30.2 Å². The van der Waals surface area contributed by atoms with Crippen LogP contribution in [0.3, 0.4) is 0 Å². The van der Waals surface area contributed by atoms with Crippen molar-refractivity contribution < 1.29 is 9.59 Å². The van der Waals surface area contributed by atoms with Crippen molar-refractivity contribution in [3.63, 3.8) is 0 Å². The Labute approximate surface area is 128 Å². The molecule has 0 fully saturated rings. The van der Waals surface area contributed by atoms with Crippen molar-refractivity contribution in [3.05, 3.63) is 51.2 Å². The third-order valence-electron chi connectivity index (χ3n) is 3.77. The number of amides is 1. The van der Waals surface area contributed by atoms with Gasteiger partial charge in [-0.1, -0.05) is 12.1 Å². The molecule has 108 valence electrons. The summed E-state index contributed by atoms with van der Waals surface area (Å²) in [4.78, 5) is 26.1. The highest BCUT2D eigenvalue weighted by Gasteiger charge is 2.18. The van der Waals surface area contributed by atoms with Gasteiger partial charge >= 0.3 is 0 Å². The molecule has 3 rings (SSSR count). The largest absolute Gasteiger partial charge is 0.321 e. The van der Waals surface area contributed by atoms with Crippen molar-refractivity contribution in [1.29, 1.82) is 0 Å². The van der Waals surface area contributed by atoms with Crippen LogP contribution < -0.4 is 5.32 Å². The SMILES string of the molecule is CC(=O)c1ccccc1NC(=O)c1cc2c(s1)CCCC2. The molecule has 21 heavy (non-hydrogen) atoms. The zero-order valence-electron chi connectivity index (χ0n) is 11.9. The third-order valence-corrected chi connectivity index (χ3v) is 5.01. The molecule has 0 unspecified atom stereocenters. The van der Waals surface area contributed by atoms with Crippen LogP contribution in [0.1, 0.15) is 50.2 Å². The number of fused-ring (bicyclic) bond motifs is 1. The van der Waals surface area contributed by atoms with Crippen molar-refractivity contribution in [2.24, 2.45) is 0 Å². The number of rotatable bonds is 3. The molecule has 4 heteroatoms. The predicted octanol–water partition coefficient (Wildman–Crippen LogP) is 4.08. The number of hydrogen-bond acceptors (Lipinski definition) is 3. The number of nitrogens with one attached hydrogen (secondary N) is 1. The van der Waals surface area contributed by atoms with E-state index >= 15 is 0 Å². The summed E-state index contributed by atoms with van der Waals surface area (Å²) in [6, 6.07) is 9.13. The number of anilines is 1. The number of carbonyl (C=O) groups excluding carboxylic acids is 2. The molecule has 1 aromatic heterocycles. The second-order valence-corrected chi connectivity index (χ2v) is 6.46. The van der Waals surface area contributed by atoms with Gasteiger partial charge in [-0.2, -0.15) is 0 Å². The van der Waals surface area contributed by atoms with Gasteiger partial charge in [0, 0.05) is 10.4 Å². The Hall–Kier alpha value is -1.94. The fraction of sp³-hybridized carbons (Fsp3) is 0.294. The summed E-state index contributed by atoms with van der Waals surface area (Å²) < 4.78 is 0. The van der Waals surface area contributed by atoms with E-state index in [1.807, 2.05) is 12.1 Å². The lowest BCUT2D eigenvalue weighted by Gasteiger charge is -2.08. The molecule has 3 nitrogen and oxygen atoms in total. The molecular formula is C17H17NO2S. The first-order valence-corrected chi connectivity index (χ1v) is 7.99. The average molecular weight is 299 g/mol. The predicted molar refractivity (Wildman–Crippen MR) is 85.4 cm³/mol. The maximum atomic E-state index is 12.4. The van der Waals surface area contributed by atoms with Crippen LogP contribution in [0.25, 0.3) is 0 Å². The Balaban J connectivity index is 1.83. The van der Waals surface area contributed by atoms with Gasteiger partial charge in [-0.05, 0) is 56.4 Å². The van der Waals surface area contributed by atoms with Gasteiger partial charge in [0.2, 0.25) is 0 Å². The van der Waals surface area contributed by atoms with Gasteiger partial charge in [-0.3, -0.25) is 9.59 Å². The van der Waals surface area contributed by atoms with Crippen molar-refractivity contribution in [2.45, 2.75) is 32.6 Å². The molecule has 1 aliphatic carbocycles. The second kappa shape index (κ2) is 5.82. The zero-order valence-corrected chi connectivity index (χ0v) is 12.8. The molecule has 2 aromatic rings. The molecule has 1 heterocycles. The van der Waals surface area contributed by atoms with E-state index in [0.717, 1.165) is 17.7 Å². The Morgan fingerprint density at radius 2 is 1.90 bits per heavy atom. The first-order valence-electron chi connectivity index (χ1n) is 7.18. The molecule has 1 aliphatic rings. The Bertz CT molecular complexity index is 679. The molecule has 0 bridgehead atoms. The lowest BCUT2D eigenvalue weighted by Crippen LogP contribution is -2.12. The Morgan fingerprint density at radius 1 is 1.14 bits per heavy atom. The van der Waals surface area contributed by atoms with Crippen molar-refractivity contribution in [3.8, 4) is 0 Å². The monoisotopic (exact) mass is 299 g/mol. The summed E-state index contributed by atoms with van der Waals surface area (Å²) in [6.45, 7) is 1.51. The van der Waals surface area contributed by atoms with Crippen LogP contribution in [0.5, 0.6) is 0 Å². The Kier molecular flexibility index (Phi) is 3.88. The van der Waals surface area contributed by atoms with Gasteiger partial charge < -0.3 is 5.32 Å². The number of Topliss-reactive ketones (excluding diaryl/α,β-unsaturated/α-hetero) is 1. The smallest absolute Gasteiger partial charge is 0.265 e. The standard InChI is InChI=1S/C17H17NO2S/c1-11(19)13-7-3-4-8-14(13)18-17(20)16-10-12-6-2-5-9-15(12)21-16/h3-4,7-8,10H,2,5-6,9H2,1H3,(H,18,20). The first kappa shape index (κ1) is 14.0. The number of para-hydroxylation sites is 1. The summed E-state index contributed by atoms with van der Waals surface area (Å²) in [5.74, 6) is -0.167. The van der Waals surface area contributed by atoms with Gasteiger partial charge in [-0.15, -0.1) is 11.3 Å². The van der Waals surface area contributed by atoms with E-state index in [1.54, 1.807) is 29.5 Å². The van der Waals surface area contributed by atoms with E-state index in [4.69, 9.17) is 0 Å². The van der Waals surface area contributed by atoms with Gasteiger partial charge in [0.1, 0.15) is 0 Å². The van der Waals surface area contributed by atoms with Gasteiger partial charge in [-0.25, -0.2) is 0 Å². The summed E-state index contributed by atoms with van der Waals surface area (Å²) in [5.41, 5.74) is 2.45. The zero-order chi connectivity index (χ0) is 14.8. The summed E-state index contributed by atoms with van der Waals surface area (Å²) in [6.07, 6.45) is 4.57. The van der Waals surface area contributed by atoms with Crippen molar-refractivity contribution in [1.82, 2.24) is 0 Å². The van der Waals surface area contributed by atoms with Crippen molar-refractivity contribution >= 4 is 28.7 Å². The molecule has 0 saturated carbocycles. The molecule has 0 atom stereocenters. The van der Waals surface area contributed by atoms with Gasteiger partial charge in [0.15, 0.2) is 5.78 Å². The topological polar surface area (TPSA) is 46.2 Å². The van der Waals surface area contributed by atoms with E-state index in [0.29, 0.717) is 11.3 Å². The van der Waals surface area contributed by atoms with Crippen LogP contribution in [0.15, 0.2) is 30.3 Å². The van der Waals surface area contributed by atoms with E-state index in [2.05, 4.69) is 5.32 Å². The minimum Gasteiger partial charge on any atom is -0.321 e. The number of benzene rings is 1. The van der Waals surface area contributed by atoms with Crippen LogP contribution in [0, 0.1) is 0 Å². The summed E-state index contributed by atoms with van der Waals surface area (Å²) in [7, 11) is 0. The lowest BCUT2D eigenvalue weighted by atomic mass is 9.99. The summed E-state index contributed by atoms with van der Waals surface area (Å²) >= 11 is 1.58. The Morgan fingerprint density at radius 3 is 2.67 bits per heavy atom. The van der Waals surface area contributed by atoms with Gasteiger partial charge in [0.25, 0.3) is 5.91 Å². The van der Waals surface area contributed by atoms with Crippen LogP contribution in [0.2, 0.25) is 0 Å². The van der Waals surface area contributed by atoms with Crippen LogP contribution >= 0.6 is 11.3 Å². The van der Waals surface area contributed by atoms with Crippen LogP contribution in [-0.2, 0) is 12.8 Å². The maximum absolute atomic E-state index is 12.4. The highest BCUT2D eigenvalue weighted by molar-refractivity contribution is 7.14. The third kappa shape index (κ3) is 2.90. The molecule has 0 aliphatic heterocycles. The fourth-order valence-corrected chi connectivity index (χ4v) is 3.83. The fourth-order valence-electron chi connectivity index (χ4n) is 2.69. The second-order valence-electron chi connectivity index (χ2n) is 5.32. The highest BCUT2D eigenvalue weighted by Crippen LogP contribution is 2.30. The minimum atomic E-state index is -0.122. The first-order chi connectivity index (χ1) is 10.1. The maximum Gasteiger partial charge on any atom is 0.265 e. The van der Waals surface area contributed by atoms with E-state index < -0.39 is 0 Å². The van der Waals surface area contributed by atoms with Crippen LogP contribution in [0.4, 0.5) is 5.69 Å². The van der Waals surface area contributed by atoms with Gasteiger partial charge in [0.05, 0.1) is 10.6 Å². The number of thiophene rings is 1. The number of aryl methyl sites for hydroxylation is 2. The van der Waals surface area contributed by atoms with Crippen LogP contribution in [-0.4, -0.2) is 11.7 Å². The summed E-state index contributed by atoms with van der Waals surface area (Å²) in [5, 5.41) is 2.87. The quantitative estimate of drug-likeness (QED) is 0.868. The average Bonchev–Trinajstić information content (AvgIpc) is 2.91. The highest BCUT2D eigenvalue weighted by atomic mass is 32.1. The normalized spacial score (nSPS) is 13.6. The minimum absolute atomic E-state index is 0.0450.